The first-order valence-electron chi connectivity index (χ1n) is 11.9. The summed E-state index contributed by atoms with van der Waals surface area (Å²) >= 11 is 0. The van der Waals surface area contributed by atoms with Gasteiger partial charge in [-0.1, -0.05) is 50.3 Å². The van der Waals surface area contributed by atoms with E-state index in [0.717, 1.165) is 55.3 Å². The SMILES string of the molecule is Cn1cccc1CNC(=O)C1c2ccccc2C(=O)N(C2CCCCC2)C12CCCC2. The van der Waals surface area contributed by atoms with E-state index >= 15 is 0 Å². The Hall–Kier alpha value is -2.56. The van der Waals surface area contributed by atoms with E-state index < -0.39 is 0 Å². The molecule has 5 heteroatoms. The maximum absolute atomic E-state index is 13.8. The first kappa shape index (κ1) is 20.3. The molecule has 0 saturated heterocycles. The van der Waals surface area contributed by atoms with E-state index in [-0.39, 0.29) is 29.3 Å². The number of nitrogens with zero attached hydrogens (tertiary/aromatic N) is 2. The van der Waals surface area contributed by atoms with Gasteiger partial charge in [0.25, 0.3) is 5.91 Å². The van der Waals surface area contributed by atoms with Gasteiger partial charge in [0.1, 0.15) is 0 Å². The number of aryl methyl sites for hydroxylation is 1. The van der Waals surface area contributed by atoms with Crippen LogP contribution < -0.4 is 5.32 Å². The fourth-order valence-electron chi connectivity index (χ4n) is 6.43. The maximum atomic E-state index is 13.8. The predicted octanol–water partition coefficient (Wildman–Crippen LogP) is 4.53. The van der Waals surface area contributed by atoms with Crippen molar-refractivity contribution < 1.29 is 9.59 Å². The second-order valence-corrected chi connectivity index (χ2v) is 9.63. The van der Waals surface area contributed by atoms with Gasteiger partial charge < -0.3 is 14.8 Å². The Bertz CT molecular complexity index is 967. The number of carbonyl (C=O) groups excluding carboxylic acids is 2. The number of carbonyl (C=O) groups is 2. The molecular weight excluding hydrogens is 386 g/mol. The van der Waals surface area contributed by atoms with Gasteiger partial charge in [-0.2, -0.15) is 0 Å². The van der Waals surface area contributed by atoms with Crippen molar-refractivity contribution in [3.05, 3.63) is 59.4 Å². The molecule has 2 aromatic rings. The molecule has 1 aromatic heterocycles. The van der Waals surface area contributed by atoms with E-state index in [1.54, 1.807) is 0 Å². The minimum Gasteiger partial charge on any atom is -0.353 e. The Kier molecular flexibility index (Phi) is 5.37. The quantitative estimate of drug-likeness (QED) is 0.792. The lowest BCUT2D eigenvalue weighted by Crippen LogP contribution is -2.63. The Morgan fingerprint density at radius 2 is 1.77 bits per heavy atom. The normalized spacial score (nSPS) is 23.2. The molecule has 2 amide bonds. The molecule has 2 heterocycles. The van der Waals surface area contributed by atoms with Crippen LogP contribution in [0, 0.1) is 0 Å². The van der Waals surface area contributed by atoms with Crippen LogP contribution in [0.3, 0.4) is 0 Å². The lowest BCUT2D eigenvalue weighted by Gasteiger charge is -2.53. The molecule has 3 aliphatic rings. The topological polar surface area (TPSA) is 54.3 Å². The van der Waals surface area contributed by atoms with Crippen molar-refractivity contribution in [1.29, 1.82) is 0 Å². The molecule has 2 fully saturated rings. The van der Waals surface area contributed by atoms with Gasteiger partial charge >= 0.3 is 0 Å². The van der Waals surface area contributed by atoms with Gasteiger partial charge in [-0.3, -0.25) is 9.59 Å². The van der Waals surface area contributed by atoms with E-state index in [0.29, 0.717) is 6.54 Å². The Morgan fingerprint density at radius 1 is 1.03 bits per heavy atom. The zero-order valence-corrected chi connectivity index (χ0v) is 18.5. The van der Waals surface area contributed by atoms with Gasteiger partial charge in [0.05, 0.1) is 18.0 Å². The van der Waals surface area contributed by atoms with Crippen molar-refractivity contribution in [2.45, 2.75) is 81.8 Å². The highest BCUT2D eigenvalue weighted by Crippen LogP contribution is 2.52. The Morgan fingerprint density at radius 3 is 2.48 bits per heavy atom. The summed E-state index contributed by atoms with van der Waals surface area (Å²) in [5, 5.41) is 3.23. The smallest absolute Gasteiger partial charge is 0.254 e. The van der Waals surface area contributed by atoms with Crippen LogP contribution in [0.25, 0.3) is 0 Å². The van der Waals surface area contributed by atoms with Crippen LogP contribution in [0.2, 0.25) is 0 Å². The van der Waals surface area contributed by atoms with Crippen LogP contribution in [0.4, 0.5) is 0 Å². The predicted molar refractivity (Wildman–Crippen MR) is 121 cm³/mol. The molecule has 0 radical (unpaired) electrons. The van der Waals surface area contributed by atoms with Crippen molar-refractivity contribution in [1.82, 2.24) is 14.8 Å². The van der Waals surface area contributed by atoms with Crippen LogP contribution in [0.15, 0.2) is 42.6 Å². The molecule has 1 aromatic carbocycles. The number of benzene rings is 1. The van der Waals surface area contributed by atoms with Crippen LogP contribution in [-0.2, 0) is 18.4 Å². The third kappa shape index (κ3) is 3.38. The summed E-state index contributed by atoms with van der Waals surface area (Å²) in [7, 11) is 2.00. The summed E-state index contributed by atoms with van der Waals surface area (Å²) in [6.07, 6.45) is 11.7. The van der Waals surface area contributed by atoms with Gasteiger partial charge in [0.2, 0.25) is 5.91 Å². The van der Waals surface area contributed by atoms with Crippen molar-refractivity contribution in [3.8, 4) is 0 Å². The number of amides is 2. The first-order chi connectivity index (χ1) is 15.1. The summed E-state index contributed by atoms with van der Waals surface area (Å²) in [6.45, 7) is 0.508. The molecule has 1 unspecified atom stereocenters. The number of hydrogen-bond acceptors (Lipinski definition) is 2. The zero-order chi connectivity index (χ0) is 21.4. The molecular formula is C26H33N3O2. The van der Waals surface area contributed by atoms with Gasteiger partial charge in [0, 0.05) is 30.5 Å². The third-order valence-electron chi connectivity index (χ3n) is 7.90. The summed E-state index contributed by atoms with van der Waals surface area (Å²) in [6, 6.07) is 12.1. The van der Waals surface area contributed by atoms with Crippen LogP contribution in [0.5, 0.6) is 0 Å². The average molecular weight is 420 g/mol. The van der Waals surface area contributed by atoms with Gasteiger partial charge in [-0.05, 0) is 49.4 Å². The summed E-state index contributed by atoms with van der Waals surface area (Å²) in [5.74, 6) is -0.0918. The molecule has 1 spiro atoms. The van der Waals surface area contributed by atoms with E-state index in [1.807, 2.05) is 54.2 Å². The molecule has 164 valence electrons. The van der Waals surface area contributed by atoms with E-state index in [1.165, 1.54) is 19.3 Å². The van der Waals surface area contributed by atoms with Crippen molar-refractivity contribution in [2.24, 2.45) is 7.05 Å². The highest BCUT2D eigenvalue weighted by atomic mass is 16.2. The maximum Gasteiger partial charge on any atom is 0.254 e. The van der Waals surface area contributed by atoms with Crippen LogP contribution in [-0.4, -0.2) is 32.9 Å². The molecule has 2 aliphatic carbocycles. The average Bonchev–Trinajstić information content (AvgIpc) is 3.43. The lowest BCUT2D eigenvalue weighted by atomic mass is 9.69. The third-order valence-corrected chi connectivity index (χ3v) is 7.90. The minimum absolute atomic E-state index is 0.0591. The fourth-order valence-corrected chi connectivity index (χ4v) is 6.43. The highest BCUT2D eigenvalue weighted by molar-refractivity contribution is 6.02. The molecule has 5 nitrogen and oxygen atoms in total. The zero-order valence-electron chi connectivity index (χ0n) is 18.5. The standard InChI is InChI=1S/C26H33N3O2/c1-28-17-9-12-20(28)18-27-24(30)23-21-13-5-6-14-22(21)25(31)29(19-10-3-2-4-11-19)26(23)15-7-8-16-26/h5-6,9,12-14,17,19,23H,2-4,7-8,10-11,15-16,18H2,1H3,(H,27,30). The number of hydrogen-bond donors (Lipinski definition) is 1. The number of nitrogens with one attached hydrogen (secondary N) is 1. The van der Waals surface area contributed by atoms with Crippen LogP contribution in [0.1, 0.15) is 85.3 Å². The Balaban J connectivity index is 1.55. The van der Waals surface area contributed by atoms with Gasteiger partial charge in [-0.25, -0.2) is 0 Å². The Labute approximate surface area is 184 Å². The highest BCUT2D eigenvalue weighted by Gasteiger charge is 2.57. The summed E-state index contributed by atoms with van der Waals surface area (Å²) in [5.41, 5.74) is 2.35. The molecule has 1 aliphatic heterocycles. The second kappa shape index (κ2) is 8.18. The summed E-state index contributed by atoms with van der Waals surface area (Å²) in [4.78, 5) is 29.8. The number of fused-ring (bicyclic) bond motifs is 1. The van der Waals surface area contributed by atoms with Gasteiger partial charge in [-0.15, -0.1) is 0 Å². The van der Waals surface area contributed by atoms with E-state index in [2.05, 4.69) is 10.2 Å². The number of rotatable bonds is 4. The monoisotopic (exact) mass is 419 g/mol. The van der Waals surface area contributed by atoms with E-state index in [4.69, 9.17) is 0 Å². The molecule has 5 rings (SSSR count). The van der Waals surface area contributed by atoms with Crippen molar-refractivity contribution >= 4 is 11.8 Å². The minimum atomic E-state index is -0.383. The molecule has 2 saturated carbocycles. The van der Waals surface area contributed by atoms with E-state index in [9.17, 15) is 9.59 Å². The van der Waals surface area contributed by atoms with Crippen LogP contribution >= 0.6 is 0 Å². The van der Waals surface area contributed by atoms with Gasteiger partial charge in [0.15, 0.2) is 0 Å². The molecule has 1 N–H and O–H groups in total. The summed E-state index contributed by atoms with van der Waals surface area (Å²) < 4.78 is 2.04. The second-order valence-electron chi connectivity index (χ2n) is 9.63. The molecule has 1 atom stereocenters. The largest absolute Gasteiger partial charge is 0.353 e. The van der Waals surface area contributed by atoms with Crippen molar-refractivity contribution in [3.63, 3.8) is 0 Å². The molecule has 31 heavy (non-hydrogen) atoms. The lowest BCUT2D eigenvalue weighted by molar-refractivity contribution is -0.127. The fraction of sp³-hybridized carbons (Fsp3) is 0.538. The van der Waals surface area contributed by atoms with Crippen molar-refractivity contribution in [2.75, 3.05) is 0 Å². The first-order valence-corrected chi connectivity index (χ1v) is 11.9. The number of aromatic nitrogens is 1. The molecule has 0 bridgehead atoms.